The van der Waals surface area contributed by atoms with Crippen LogP contribution in [-0.2, 0) is 0 Å². The number of hydrogen-bond acceptors (Lipinski definition) is 0. The van der Waals surface area contributed by atoms with E-state index in [9.17, 15) is 0 Å². The molecule has 2 heteroatoms. The first-order valence-electron chi connectivity index (χ1n) is 3.08. The van der Waals surface area contributed by atoms with E-state index in [1.165, 1.54) is 0 Å². The minimum atomic E-state index is -0.800. The molecule has 0 saturated carbocycles. The molecule has 0 bridgehead atoms. The van der Waals surface area contributed by atoms with Crippen molar-refractivity contribution < 1.29 is 0 Å². The van der Waals surface area contributed by atoms with E-state index in [1.54, 1.807) is 0 Å². The Morgan fingerprint density at radius 3 is 1.50 bits per heavy atom. The predicted octanol–water partition coefficient (Wildman–Crippen LogP) is 2.00. The van der Waals surface area contributed by atoms with Crippen LogP contribution < -0.4 is 0 Å². The van der Waals surface area contributed by atoms with Gasteiger partial charge in [0.05, 0.1) is 8.07 Å². The van der Waals surface area contributed by atoms with Gasteiger partial charge in [0.1, 0.15) is 0 Å². The fourth-order valence-electron chi connectivity index (χ4n) is 0.866. The third-order valence-corrected chi connectivity index (χ3v) is 6.50. The first-order valence-corrected chi connectivity index (χ1v) is 9.23. The Labute approximate surface area is 55.2 Å². The molecule has 0 unspecified atom stereocenters. The molecule has 0 fully saturated rings. The molecule has 0 saturated heterocycles. The molecule has 0 aliphatic carbocycles. The zero-order valence-electron chi connectivity index (χ0n) is 6.58. The SMILES string of the molecule is C[Si](C)=C[Si](C)(C)C. The third kappa shape index (κ3) is 6.30. The maximum absolute atomic E-state index is 2.59. The lowest BCUT2D eigenvalue weighted by Crippen LogP contribution is -2.26. The molecular weight excluding hydrogens is 128 g/mol. The summed E-state index contributed by atoms with van der Waals surface area (Å²) in [5, 5.41) is 2.59. The van der Waals surface area contributed by atoms with E-state index in [0.717, 1.165) is 0 Å². The van der Waals surface area contributed by atoms with Crippen LogP contribution >= 0.6 is 0 Å². The summed E-state index contributed by atoms with van der Waals surface area (Å²) in [6.45, 7) is 11.9. The zero-order valence-corrected chi connectivity index (χ0v) is 8.58. The molecule has 48 valence electrons. The average molecular weight is 144 g/mol. The van der Waals surface area contributed by atoms with Crippen molar-refractivity contribution in [3.8, 4) is 0 Å². The van der Waals surface area contributed by atoms with E-state index in [2.05, 4.69) is 38.0 Å². The van der Waals surface area contributed by atoms with Gasteiger partial charge in [0.2, 0.25) is 0 Å². The predicted molar refractivity (Wildman–Crippen MR) is 46.9 cm³/mol. The molecule has 0 aromatic rings. The Kier molecular flexibility index (Phi) is 2.84. The zero-order chi connectivity index (χ0) is 6.78. The highest BCUT2D eigenvalue weighted by Gasteiger charge is 2.06. The topological polar surface area (TPSA) is 0 Å². The molecule has 0 aromatic heterocycles. The van der Waals surface area contributed by atoms with Gasteiger partial charge >= 0.3 is 0 Å². The average Bonchev–Trinajstić information content (AvgIpc) is 1.21. The van der Waals surface area contributed by atoms with Crippen molar-refractivity contribution in [2.75, 3.05) is 0 Å². The summed E-state index contributed by atoms with van der Waals surface area (Å²) in [6.07, 6.45) is 0. The van der Waals surface area contributed by atoms with Crippen molar-refractivity contribution in [2.45, 2.75) is 32.7 Å². The second-order valence-electron chi connectivity index (χ2n) is 3.59. The van der Waals surface area contributed by atoms with Crippen molar-refractivity contribution >= 4 is 21.8 Å². The standard InChI is InChI=1S/C6H16Si2/c1-7(2)6-8(3,4)5/h6H,1-5H3. The van der Waals surface area contributed by atoms with Gasteiger partial charge in [-0.15, -0.1) is 5.30 Å². The number of rotatable bonds is 1. The molecule has 0 heterocycles. The highest BCUT2D eigenvalue weighted by Crippen LogP contribution is 1.93. The molecule has 0 amide bonds. The van der Waals surface area contributed by atoms with Gasteiger partial charge in [0.15, 0.2) is 0 Å². The van der Waals surface area contributed by atoms with Gasteiger partial charge in [0.25, 0.3) is 0 Å². The molecule has 0 N–H and O–H groups in total. The van der Waals surface area contributed by atoms with Crippen LogP contribution in [0.2, 0.25) is 32.7 Å². The Hall–Kier alpha value is 0.304. The Bertz CT molecular complexity index is 93.6. The normalized spacial score (nSPS) is 11.1. The molecule has 0 atom stereocenters. The van der Waals surface area contributed by atoms with Crippen molar-refractivity contribution in [1.82, 2.24) is 0 Å². The minimum Gasteiger partial charge on any atom is -0.114 e. The van der Waals surface area contributed by atoms with E-state index >= 15 is 0 Å². The highest BCUT2D eigenvalue weighted by molar-refractivity contribution is 7.10. The van der Waals surface area contributed by atoms with E-state index < -0.39 is 8.07 Å². The summed E-state index contributed by atoms with van der Waals surface area (Å²) in [4.78, 5) is 0. The molecule has 8 heavy (non-hydrogen) atoms. The fraction of sp³-hybridized carbons (Fsp3) is 0.833. The Balaban J connectivity index is 3.89. The van der Waals surface area contributed by atoms with Crippen molar-refractivity contribution in [1.29, 1.82) is 0 Å². The smallest absolute Gasteiger partial charge is 0.0636 e. The minimum absolute atomic E-state index is 0.0553. The van der Waals surface area contributed by atoms with Crippen molar-refractivity contribution in [3.05, 3.63) is 0 Å². The van der Waals surface area contributed by atoms with Gasteiger partial charge in [-0.3, -0.25) is 0 Å². The third-order valence-electron chi connectivity index (χ3n) is 0.722. The number of hydrogen-bond donors (Lipinski definition) is 0. The monoisotopic (exact) mass is 144 g/mol. The van der Waals surface area contributed by atoms with Gasteiger partial charge < -0.3 is 0 Å². The molecule has 0 aliphatic heterocycles. The summed E-state index contributed by atoms with van der Waals surface area (Å²) in [5.41, 5.74) is 0. The summed E-state index contributed by atoms with van der Waals surface area (Å²) < 4.78 is 0. The molecule has 0 nitrogen and oxygen atoms in total. The van der Waals surface area contributed by atoms with Crippen LogP contribution in [0.15, 0.2) is 0 Å². The van der Waals surface area contributed by atoms with Crippen LogP contribution in [0.5, 0.6) is 0 Å². The van der Waals surface area contributed by atoms with Crippen LogP contribution in [-0.4, -0.2) is 21.8 Å². The molecule has 0 spiro atoms. The van der Waals surface area contributed by atoms with E-state index in [0.29, 0.717) is 0 Å². The van der Waals surface area contributed by atoms with Crippen LogP contribution in [0.25, 0.3) is 0 Å². The summed E-state index contributed by atoms with van der Waals surface area (Å²) in [7, 11) is -0.855. The summed E-state index contributed by atoms with van der Waals surface area (Å²) in [6, 6.07) is 0. The van der Waals surface area contributed by atoms with Crippen LogP contribution in [0.1, 0.15) is 0 Å². The molecule has 0 aromatic carbocycles. The van der Waals surface area contributed by atoms with Gasteiger partial charge in [-0.1, -0.05) is 32.7 Å². The van der Waals surface area contributed by atoms with Gasteiger partial charge in [-0.2, -0.15) is 0 Å². The Morgan fingerprint density at radius 2 is 1.50 bits per heavy atom. The van der Waals surface area contributed by atoms with E-state index in [1.807, 2.05) is 0 Å². The first-order chi connectivity index (χ1) is 3.42. The maximum atomic E-state index is 2.59. The van der Waals surface area contributed by atoms with E-state index in [4.69, 9.17) is 0 Å². The lowest BCUT2D eigenvalue weighted by Gasteiger charge is -2.08. The first kappa shape index (κ1) is 8.30. The van der Waals surface area contributed by atoms with E-state index in [-0.39, 0.29) is 8.41 Å². The molecule has 0 rings (SSSR count). The van der Waals surface area contributed by atoms with Crippen LogP contribution in [0, 0.1) is 0 Å². The van der Waals surface area contributed by atoms with Crippen LogP contribution in [0.3, 0.4) is 0 Å². The lowest BCUT2D eigenvalue weighted by molar-refractivity contribution is 1.85. The quantitative estimate of drug-likeness (QED) is 0.494. The second kappa shape index (κ2) is 2.73. The molecular formula is C6H16Si2. The second-order valence-corrected chi connectivity index (χ2v) is 11.6. The summed E-state index contributed by atoms with van der Waals surface area (Å²) in [5.74, 6) is 0. The highest BCUT2D eigenvalue weighted by atomic mass is 28.3. The largest absolute Gasteiger partial charge is 0.114 e. The molecule has 0 radical (unpaired) electrons. The van der Waals surface area contributed by atoms with Gasteiger partial charge in [-0.25, -0.2) is 0 Å². The van der Waals surface area contributed by atoms with Crippen molar-refractivity contribution in [3.63, 3.8) is 0 Å². The van der Waals surface area contributed by atoms with Gasteiger partial charge in [-0.05, 0) is 8.41 Å². The molecule has 0 aliphatic rings. The van der Waals surface area contributed by atoms with Gasteiger partial charge in [0, 0.05) is 0 Å². The fourth-order valence-corrected chi connectivity index (χ4v) is 7.79. The summed E-state index contributed by atoms with van der Waals surface area (Å²) >= 11 is 0. The lowest BCUT2D eigenvalue weighted by atomic mass is 11.8. The maximum Gasteiger partial charge on any atom is 0.0636 e. The van der Waals surface area contributed by atoms with Crippen LogP contribution in [0.4, 0.5) is 0 Å². The van der Waals surface area contributed by atoms with Crippen molar-refractivity contribution in [2.24, 2.45) is 0 Å². The Morgan fingerprint density at radius 1 is 1.12 bits per heavy atom.